The van der Waals surface area contributed by atoms with Crippen molar-refractivity contribution in [3.63, 3.8) is 0 Å². The topological polar surface area (TPSA) is 132 Å². The van der Waals surface area contributed by atoms with Crippen molar-refractivity contribution in [3.8, 4) is 28.7 Å². The molecule has 4 aromatic rings. The van der Waals surface area contributed by atoms with Crippen molar-refractivity contribution in [1.82, 2.24) is 29.4 Å². The van der Waals surface area contributed by atoms with Crippen LogP contribution in [-0.4, -0.2) is 65.6 Å². The number of aliphatic hydroxyl groups is 1. The number of benzene rings is 1. The monoisotopic (exact) mass is 455 g/mol. The van der Waals surface area contributed by atoms with E-state index in [-0.39, 0.29) is 12.1 Å². The molecule has 0 saturated carbocycles. The maximum absolute atomic E-state index is 12.2. The smallest absolute Gasteiger partial charge is 0.269 e. The molecule has 1 unspecified atom stereocenters. The van der Waals surface area contributed by atoms with E-state index >= 15 is 0 Å². The Hall–Kier alpha value is -4.49. The first-order valence-electron chi connectivity index (χ1n) is 10.5. The maximum Gasteiger partial charge on any atom is 0.269 e. The zero-order valence-electron chi connectivity index (χ0n) is 18.6. The second-order valence-corrected chi connectivity index (χ2v) is 8.26. The first-order valence-corrected chi connectivity index (χ1v) is 10.5. The Morgan fingerprint density at radius 2 is 2.03 bits per heavy atom. The molecule has 2 amide bonds. The van der Waals surface area contributed by atoms with Gasteiger partial charge in [-0.15, -0.1) is 0 Å². The number of likely N-dealkylation sites (tertiary alicyclic amines) is 1. The number of pyridine rings is 1. The summed E-state index contributed by atoms with van der Waals surface area (Å²) in [6.07, 6.45) is 5.49. The Labute approximate surface area is 194 Å². The van der Waals surface area contributed by atoms with Crippen LogP contribution in [-0.2, 0) is 11.8 Å². The molecule has 1 fully saturated rings. The standard InChI is InChI=1S/C24H21N7O3/c1-29-9-8-24(34,23(29)33)7-6-15-4-3-5-18(10-15)31-22-19(20(28-31)21(25)32)11-16(12-26-22)17-13-27-30(2)14-17/h3-5,10-14,34H,8-9H2,1-2H3,(H2,25,32). The molecule has 1 atom stereocenters. The van der Waals surface area contributed by atoms with Crippen LogP contribution in [0.25, 0.3) is 27.8 Å². The average molecular weight is 455 g/mol. The predicted octanol–water partition coefficient (Wildman–Crippen LogP) is 0.865. The summed E-state index contributed by atoms with van der Waals surface area (Å²) in [5, 5.41) is 19.7. The van der Waals surface area contributed by atoms with E-state index in [0.29, 0.717) is 28.8 Å². The summed E-state index contributed by atoms with van der Waals surface area (Å²) in [5.41, 5.74) is 7.28. The van der Waals surface area contributed by atoms with E-state index in [1.807, 2.05) is 19.3 Å². The predicted molar refractivity (Wildman–Crippen MR) is 124 cm³/mol. The highest BCUT2D eigenvalue weighted by atomic mass is 16.3. The molecule has 10 heteroatoms. The van der Waals surface area contributed by atoms with Gasteiger partial charge >= 0.3 is 0 Å². The number of carbonyl (C=O) groups excluding carboxylic acids is 2. The van der Waals surface area contributed by atoms with Crippen LogP contribution in [0.1, 0.15) is 22.5 Å². The summed E-state index contributed by atoms with van der Waals surface area (Å²) >= 11 is 0. The van der Waals surface area contributed by atoms with Gasteiger partial charge in [0.1, 0.15) is 0 Å². The molecule has 34 heavy (non-hydrogen) atoms. The van der Waals surface area contributed by atoms with E-state index in [9.17, 15) is 14.7 Å². The van der Waals surface area contributed by atoms with Crippen molar-refractivity contribution in [1.29, 1.82) is 0 Å². The van der Waals surface area contributed by atoms with Gasteiger partial charge in [-0.05, 0) is 24.3 Å². The number of amides is 2. The molecule has 5 rings (SSSR count). The van der Waals surface area contributed by atoms with Crippen molar-refractivity contribution in [2.45, 2.75) is 12.0 Å². The number of nitrogens with two attached hydrogens (primary N) is 1. The number of fused-ring (bicyclic) bond motifs is 1. The van der Waals surface area contributed by atoms with E-state index < -0.39 is 17.4 Å². The van der Waals surface area contributed by atoms with Crippen LogP contribution in [0.3, 0.4) is 0 Å². The summed E-state index contributed by atoms with van der Waals surface area (Å²) in [6.45, 7) is 0.450. The summed E-state index contributed by atoms with van der Waals surface area (Å²) in [6, 6.07) is 8.88. The Morgan fingerprint density at radius 3 is 2.71 bits per heavy atom. The number of nitrogens with zero attached hydrogens (tertiary/aromatic N) is 6. The minimum Gasteiger partial charge on any atom is -0.369 e. The first-order chi connectivity index (χ1) is 16.2. The van der Waals surface area contributed by atoms with Gasteiger partial charge in [0.25, 0.3) is 11.8 Å². The summed E-state index contributed by atoms with van der Waals surface area (Å²) in [5.74, 6) is 4.52. The van der Waals surface area contributed by atoms with Crippen LogP contribution in [0, 0.1) is 11.8 Å². The quantitative estimate of drug-likeness (QED) is 0.441. The molecule has 1 aliphatic rings. The molecule has 10 nitrogen and oxygen atoms in total. The fourth-order valence-electron chi connectivity index (χ4n) is 3.95. The van der Waals surface area contributed by atoms with Gasteiger partial charge in [0.05, 0.1) is 17.3 Å². The summed E-state index contributed by atoms with van der Waals surface area (Å²) in [7, 11) is 3.45. The lowest BCUT2D eigenvalue weighted by Gasteiger charge is -2.13. The van der Waals surface area contributed by atoms with Crippen molar-refractivity contribution in [2.75, 3.05) is 13.6 Å². The van der Waals surface area contributed by atoms with E-state index in [0.717, 1.165) is 11.1 Å². The van der Waals surface area contributed by atoms with Crippen molar-refractivity contribution >= 4 is 22.8 Å². The van der Waals surface area contributed by atoms with Gasteiger partial charge in [-0.1, -0.05) is 17.9 Å². The number of carbonyl (C=O) groups is 2. The lowest BCUT2D eigenvalue weighted by molar-refractivity contribution is -0.137. The highest BCUT2D eigenvalue weighted by Gasteiger charge is 2.42. The Bertz CT molecular complexity index is 1520. The number of hydrogen-bond acceptors (Lipinski definition) is 6. The van der Waals surface area contributed by atoms with Crippen LogP contribution in [0.4, 0.5) is 0 Å². The molecular formula is C24H21N7O3. The van der Waals surface area contributed by atoms with Crippen LogP contribution >= 0.6 is 0 Å². The van der Waals surface area contributed by atoms with Gasteiger partial charge in [0, 0.05) is 56.1 Å². The second-order valence-electron chi connectivity index (χ2n) is 8.26. The maximum atomic E-state index is 12.2. The molecular weight excluding hydrogens is 434 g/mol. The molecule has 0 radical (unpaired) electrons. The third kappa shape index (κ3) is 3.58. The number of aryl methyl sites for hydroxylation is 1. The molecule has 0 spiro atoms. The average Bonchev–Trinajstić information content (AvgIpc) is 3.50. The molecule has 1 aromatic carbocycles. The zero-order chi connectivity index (χ0) is 24.0. The lowest BCUT2D eigenvalue weighted by Crippen LogP contribution is -2.37. The highest BCUT2D eigenvalue weighted by molar-refractivity contribution is 6.04. The molecule has 0 aliphatic carbocycles. The van der Waals surface area contributed by atoms with Gasteiger partial charge in [-0.2, -0.15) is 10.2 Å². The largest absolute Gasteiger partial charge is 0.369 e. The minimum atomic E-state index is -1.69. The lowest BCUT2D eigenvalue weighted by atomic mass is 10.0. The van der Waals surface area contributed by atoms with Crippen LogP contribution in [0.5, 0.6) is 0 Å². The molecule has 3 aromatic heterocycles. The number of hydrogen-bond donors (Lipinski definition) is 2. The Balaban J connectivity index is 1.57. The first kappa shape index (κ1) is 21.4. The third-order valence-corrected chi connectivity index (χ3v) is 5.81. The Morgan fingerprint density at radius 1 is 1.21 bits per heavy atom. The fourth-order valence-corrected chi connectivity index (χ4v) is 3.95. The molecule has 1 saturated heterocycles. The van der Waals surface area contributed by atoms with Crippen LogP contribution in [0.15, 0.2) is 48.9 Å². The van der Waals surface area contributed by atoms with E-state index in [2.05, 4.69) is 27.0 Å². The zero-order valence-corrected chi connectivity index (χ0v) is 18.6. The van der Waals surface area contributed by atoms with Crippen molar-refractivity contribution in [3.05, 3.63) is 60.2 Å². The van der Waals surface area contributed by atoms with Gasteiger partial charge in [-0.3, -0.25) is 14.3 Å². The molecule has 4 heterocycles. The number of primary amides is 1. The van der Waals surface area contributed by atoms with Crippen molar-refractivity contribution < 1.29 is 14.7 Å². The third-order valence-electron chi connectivity index (χ3n) is 5.81. The summed E-state index contributed by atoms with van der Waals surface area (Å²) < 4.78 is 3.20. The molecule has 3 N–H and O–H groups in total. The van der Waals surface area contributed by atoms with Gasteiger partial charge in [-0.25, -0.2) is 9.67 Å². The van der Waals surface area contributed by atoms with Crippen LogP contribution < -0.4 is 5.73 Å². The highest BCUT2D eigenvalue weighted by Crippen LogP contribution is 2.27. The molecule has 1 aliphatic heterocycles. The van der Waals surface area contributed by atoms with Crippen molar-refractivity contribution in [2.24, 2.45) is 12.8 Å². The SMILES string of the molecule is CN1CCC(O)(C#Cc2cccc(-n3nc(C(N)=O)c4cc(-c5cnn(C)c5)cnc43)c2)C1=O. The fraction of sp³-hybridized carbons (Fsp3) is 0.208. The van der Waals surface area contributed by atoms with Crippen LogP contribution in [0.2, 0.25) is 0 Å². The van der Waals surface area contributed by atoms with Gasteiger partial charge < -0.3 is 15.7 Å². The second kappa shape index (κ2) is 7.83. The van der Waals surface area contributed by atoms with E-state index in [1.54, 1.807) is 48.4 Å². The number of aromatic nitrogens is 5. The van der Waals surface area contributed by atoms with E-state index in [4.69, 9.17) is 5.73 Å². The van der Waals surface area contributed by atoms with E-state index in [1.165, 1.54) is 9.58 Å². The normalized spacial score (nSPS) is 17.7. The van der Waals surface area contributed by atoms with Gasteiger partial charge in [0.2, 0.25) is 5.60 Å². The summed E-state index contributed by atoms with van der Waals surface area (Å²) in [4.78, 5) is 30.3. The Kier molecular flexibility index (Phi) is 4.92. The number of rotatable bonds is 3. The molecule has 0 bridgehead atoms. The minimum absolute atomic E-state index is 0.0960. The number of likely N-dealkylation sites (N-methyl/N-ethyl adjacent to an activating group) is 1. The molecule has 170 valence electrons. The van der Waals surface area contributed by atoms with Gasteiger partial charge in [0.15, 0.2) is 11.3 Å².